The van der Waals surface area contributed by atoms with E-state index in [2.05, 4.69) is 31.9 Å². The third-order valence-corrected chi connectivity index (χ3v) is 5.98. The highest BCUT2D eigenvalue weighted by Crippen LogP contribution is 2.37. The van der Waals surface area contributed by atoms with Crippen LogP contribution in [0.15, 0.2) is 95.6 Å². The minimum Gasteiger partial charge on any atom is -0.318 e. The van der Waals surface area contributed by atoms with Gasteiger partial charge in [-0.15, -0.1) is 0 Å². The van der Waals surface area contributed by atoms with Gasteiger partial charge in [0.05, 0.1) is 18.3 Å². The van der Waals surface area contributed by atoms with Crippen molar-refractivity contribution >= 4 is 27.6 Å². The van der Waals surface area contributed by atoms with Crippen molar-refractivity contribution in [3.05, 3.63) is 118 Å². The molecule has 2 amide bonds. The molecule has 0 bridgehead atoms. The fourth-order valence-electron chi connectivity index (χ4n) is 4.10. The van der Waals surface area contributed by atoms with Gasteiger partial charge in [0.25, 0.3) is 0 Å². The van der Waals surface area contributed by atoms with Crippen LogP contribution in [0.5, 0.6) is 0 Å². The molecule has 1 atom stereocenters. The Morgan fingerprint density at radius 2 is 1.77 bits per heavy atom. The Morgan fingerprint density at radius 1 is 0.968 bits per heavy atom. The van der Waals surface area contributed by atoms with Crippen LogP contribution in [0, 0.1) is 5.82 Å². The molecule has 0 aliphatic carbocycles. The number of benzene rings is 3. The molecule has 0 radical (unpaired) electrons. The Bertz CT molecular complexity index is 1250. The zero-order chi connectivity index (χ0) is 21.4. The Morgan fingerprint density at radius 3 is 2.58 bits per heavy atom. The standard InChI is InChI=1S/C25H19BrFN3O/c26-19-6-3-7-21(15-19)28-25(31)30-16-18-5-1-2-8-22(18)29-14-4-9-23(29)24(30)17-10-12-20(27)13-11-17/h1-15,24H,16H2,(H,28,31)/t24-/m0/s1. The molecule has 31 heavy (non-hydrogen) atoms. The van der Waals surface area contributed by atoms with E-state index in [1.807, 2.05) is 60.8 Å². The number of fused-ring (bicyclic) bond motifs is 3. The van der Waals surface area contributed by atoms with Crippen LogP contribution in [0.3, 0.4) is 0 Å². The molecule has 0 fully saturated rings. The molecule has 1 aromatic heterocycles. The van der Waals surface area contributed by atoms with Gasteiger partial charge in [-0.1, -0.05) is 52.3 Å². The SMILES string of the molecule is O=C(Nc1cccc(Br)c1)N1Cc2ccccc2-n2cccc2[C@@H]1c1ccc(F)cc1. The van der Waals surface area contributed by atoms with Crippen LogP contribution in [0.1, 0.15) is 22.9 Å². The van der Waals surface area contributed by atoms with E-state index in [1.54, 1.807) is 17.0 Å². The lowest BCUT2D eigenvalue weighted by Crippen LogP contribution is -2.37. The van der Waals surface area contributed by atoms with Crippen molar-refractivity contribution in [2.75, 3.05) is 5.32 Å². The maximum absolute atomic E-state index is 13.7. The number of rotatable bonds is 2. The van der Waals surface area contributed by atoms with Crippen molar-refractivity contribution in [2.24, 2.45) is 0 Å². The average Bonchev–Trinajstić information content (AvgIpc) is 3.19. The van der Waals surface area contributed by atoms with Crippen LogP contribution in [0.4, 0.5) is 14.9 Å². The fraction of sp³-hybridized carbons (Fsp3) is 0.0800. The molecule has 3 aromatic carbocycles. The number of carbonyl (C=O) groups excluding carboxylic acids is 1. The molecule has 0 spiro atoms. The van der Waals surface area contributed by atoms with E-state index in [4.69, 9.17) is 0 Å². The second kappa shape index (κ2) is 8.04. The molecule has 6 heteroatoms. The van der Waals surface area contributed by atoms with Crippen molar-refractivity contribution in [2.45, 2.75) is 12.6 Å². The molecule has 2 heterocycles. The number of amides is 2. The first-order valence-electron chi connectivity index (χ1n) is 9.94. The summed E-state index contributed by atoms with van der Waals surface area (Å²) in [5.41, 5.74) is 4.56. The van der Waals surface area contributed by atoms with Crippen LogP contribution >= 0.6 is 15.9 Å². The fourth-order valence-corrected chi connectivity index (χ4v) is 4.50. The smallest absolute Gasteiger partial charge is 0.318 e. The number of halogens is 2. The molecule has 5 rings (SSSR count). The highest BCUT2D eigenvalue weighted by atomic mass is 79.9. The molecule has 0 saturated carbocycles. The van der Waals surface area contributed by atoms with Gasteiger partial charge in [0.15, 0.2) is 0 Å². The molecule has 1 aliphatic heterocycles. The number of para-hydroxylation sites is 1. The number of anilines is 1. The predicted octanol–water partition coefficient (Wildman–Crippen LogP) is 6.52. The molecule has 154 valence electrons. The molecular formula is C25H19BrFN3O. The summed E-state index contributed by atoms with van der Waals surface area (Å²) in [6.45, 7) is 0.416. The summed E-state index contributed by atoms with van der Waals surface area (Å²) in [6.07, 6.45) is 2.00. The Labute approximate surface area is 188 Å². The third-order valence-electron chi connectivity index (χ3n) is 5.49. The monoisotopic (exact) mass is 475 g/mol. The zero-order valence-electron chi connectivity index (χ0n) is 16.5. The number of hydrogen-bond donors (Lipinski definition) is 1. The second-order valence-corrected chi connectivity index (χ2v) is 8.37. The van der Waals surface area contributed by atoms with Gasteiger partial charge >= 0.3 is 6.03 Å². The summed E-state index contributed by atoms with van der Waals surface area (Å²) in [5.74, 6) is -0.304. The lowest BCUT2D eigenvalue weighted by atomic mass is 10.0. The lowest BCUT2D eigenvalue weighted by molar-refractivity contribution is 0.194. The summed E-state index contributed by atoms with van der Waals surface area (Å²) < 4.78 is 16.7. The highest BCUT2D eigenvalue weighted by molar-refractivity contribution is 9.10. The molecule has 1 aliphatic rings. The Hall–Kier alpha value is -3.38. The van der Waals surface area contributed by atoms with Crippen LogP contribution in [0.2, 0.25) is 0 Å². The van der Waals surface area contributed by atoms with E-state index in [0.29, 0.717) is 12.2 Å². The van der Waals surface area contributed by atoms with Crippen molar-refractivity contribution in [1.29, 1.82) is 0 Å². The van der Waals surface area contributed by atoms with Crippen LogP contribution < -0.4 is 5.32 Å². The molecule has 0 saturated heterocycles. The lowest BCUT2D eigenvalue weighted by Gasteiger charge is -2.31. The maximum Gasteiger partial charge on any atom is 0.322 e. The molecule has 4 nitrogen and oxygen atoms in total. The van der Waals surface area contributed by atoms with Crippen molar-refractivity contribution in [3.63, 3.8) is 0 Å². The quantitative estimate of drug-likeness (QED) is 0.352. The molecular weight excluding hydrogens is 457 g/mol. The maximum atomic E-state index is 13.7. The van der Waals surface area contributed by atoms with E-state index in [0.717, 1.165) is 27.0 Å². The van der Waals surface area contributed by atoms with Gasteiger partial charge in [-0.2, -0.15) is 0 Å². The Balaban J connectivity index is 1.63. The topological polar surface area (TPSA) is 37.3 Å². The number of carbonyl (C=O) groups is 1. The van der Waals surface area contributed by atoms with Gasteiger partial charge in [-0.05, 0) is 59.7 Å². The normalized spacial score (nSPS) is 15.0. The van der Waals surface area contributed by atoms with E-state index in [-0.39, 0.29) is 17.9 Å². The minimum absolute atomic E-state index is 0.225. The van der Waals surface area contributed by atoms with Crippen LogP contribution in [0.25, 0.3) is 5.69 Å². The number of hydrogen-bond acceptors (Lipinski definition) is 1. The number of aromatic nitrogens is 1. The zero-order valence-corrected chi connectivity index (χ0v) is 18.1. The van der Waals surface area contributed by atoms with E-state index >= 15 is 0 Å². The molecule has 1 N–H and O–H groups in total. The summed E-state index contributed by atoms with van der Waals surface area (Å²) in [6, 6.07) is 25.3. The highest BCUT2D eigenvalue weighted by Gasteiger charge is 2.33. The van der Waals surface area contributed by atoms with Gasteiger partial charge in [0, 0.05) is 22.1 Å². The van der Waals surface area contributed by atoms with Crippen LogP contribution in [-0.4, -0.2) is 15.5 Å². The van der Waals surface area contributed by atoms with Gasteiger partial charge in [0.2, 0.25) is 0 Å². The Kier molecular flexibility index (Phi) is 5.08. The number of nitrogens with zero attached hydrogens (tertiary/aromatic N) is 2. The predicted molar refractivity (Wildman–Crippen MR) is 123 cm³/mol. The number of urea groups is 1. The van der Waals surface area contributed by atoms with Gasteiger partial charge in [-0.25, -0.2) is 9.18 Å². The summed E-state index contributed by atoms with van der Waals surface area (Å²) in [4.78, 5) is 15.3. The summed E-state index contributed by atoms with van der Waals surface area (Å²) >= 11 is 3.45. The van der Waals surface area contributed by atoms with Gasteiger partial charge in [-0.3, -0.25) is 0 Å². The average molecular weight is 476 g/mol. The van der Waals surface area contributed by atoms with Crippen molar-refractivity contribution in [1.82, 2.24) is 9.47 Å². The first kappa shape index (κ1) is 19.6. The van der Waals surface area contributed by atoms with Crippen LogP contribution in [-0.2, 0) is 6.54 Å². The van der Waals surface area contributed by atoms with Crippen molar-refractivity contribution in [3.8, 4) is 5.69 Å². The second-order valence-electron chi connectivity index (χ2n) is 7.45. The van der Waals surface area contributed by atoms with E-state index in [1.165, 1.54) is 12.1 Å². The summed E-state index contributed by atoms with van der Waals surface area (Å²) in [7, 11) is 0. The summed E-state index contributed by atoms with van der Waals surface area (Å²) in [5, 5.41) is 3.02. The van der Waals surface area contributed by atoms with Gasteiger partial charge in [0.1, 0.15) is 5.82 Å². The number of nitrogens with one attached hydrogen (secondary N) is 1. The largest absolute Gasteiger partial charge is 0.322 e. The minimum atomic E-state index is -0.379. The van der Waals surface area contributed by atoms with E-state index in [9.17, 15) is 9.18 Å². The van der Waals surface area contributed by atoms with Gasteiger partial charge < -0.3 is 14.8 Å². The first-order chi connectivity index (χ1) is 15.1. The molecule has 0 unspecified atom stereocenters. The van der Waals surface area contributed by atoms with Crippen molar-refractivity contribution < 1.29 is 9.18 Å². The third kappa shape index (κ3) is 3.75. The first-order valence-corrected chi connectivity index (χ1v) is 10.7. The molecule has 4 aromatic rings. The van der Waals surface area contributed by atoms with E-state index < -0.39 is 0 Å².